The van der Waals surface area contributed by atoms with Gasteiger partial charge in [-0.2, -0.15) is 0 Å². The Balaban J connectivity index is 2.10. The number of hydrogen-bond donors (Lipinski definition) is 3. The number of nitrogen functional groups attached to an aromatic ring is 2. The van der Waals surface area contributed by atoms with Gasteiger partial charge in [0, 0.05) is 12.5 Å². The summed E-state index contributed by atoms with van der Waals surface area (Å²) in [4.78, 5) is 7.97. The summed E-state index contributed by atoms with van der Waals surface area (Å²) in [7, 11) is 0. The smallest absolute Gasteiger partial charge is 0.220 e. The van der Waals surface area contributed by atoms with E-state index in [0.717, 1.165) is 18.7 Å². The number of nitrogens with one attached hydrogen (secondary N) is 1. The molecule has 1 atom stereocenters. The topological polar surface area (TPSA) is 89.8 Å². The highest BCUT2D eigenvalue weighted by molar-refractivity contribution is 5.43. The van der Waals surface area contributed by atoms with Crippen LogP contribution in [0.25, 0.3) is 0 Å². The average molecular weight is 193 g/mol. The van der Waals surface area contributed by atoms with Gasteiger partial charge in [0.15, 0.2) is 0 Å². The third-order valence-electron chi connectivity index (χ3n) is 2.52. The lowest BCUT2D eigenvalue weighted by Crippen LogP contribution is -2.24. The zero-order valence-electron chi connectivity index (χ0n) is 8.03. The Bertz CT molecular complexity index is 319. The monoisotopic (exact) mass is 193 g/mol. The van der Waals surface area contributed by atoms with E-state index in [1.54, 1.807) is 6.20 Å². The molecule has 1 saturated heterocycles. The van der Waals surface area contributed by atoms with E-state index in [1.165, 1.54) is 12.8 Å². The molecule has 1 fully saturated rings. The van der Waals surface area contributed by atoms with Gasteiger partial charge in [-0.05, 0) is 19.4 Å². The molecule has 2 heterocycles. The highest BCUT2D eigenvalue weighted by atomic mass is 15.0. The fraction of sp³-hybridized carbons (Fsp3) is 0.556. The van der Waals surface area contributed by atoms with Crippen LogP contribution < -0.4 is 16.8 Å². The van der Waals surface area contributed by atoms with E-state index in [2.05, 4.69) is 15.3 Å². The molecule has 1 aliphatic rings. The second kappa shape index (κ2) is 3.79. The Morgan fingerprint density at radius 1 is 1.50 bits per heavy atom. The van der Waals surface area contributed by atoms with Gasteiger partial charge in [0.2, 0.25) is 5.95 Å². The molecule has 1 aromatic heterocycles. The summed E-state index contributed by atoms with van der Waals surface area (Å²) < 4.78 is 0. The van der Waals surface area contributed by atoms with Gasteiger partial charge < -0.3 is 16.8 Å². The van der Waals surface area contributed by atoms with E-state index >= 15 is 0 Å². The van der Waals surface area contributed by atoms with E-state index in [1.807, 2.05) is 0 Å². The molecule has 0 unspecified atom stereocenters. The first kappa shape index (κ1) is 9.21. The number of aromatic nitrogens is 2. The Kier molecular flexibility index (Phi) is 2.49. The molecule has 1 aliphatic heterocycles. The minimum absolute atomic E-state index is 0.298. The Morgan fingerprint density at radius 3 is 3.07 bits per heavy atom. The molecule has 0 amide bonds. The van der Waals surface area contributed by atoms with Crippen LogP contribution >= 0.6 is 0 Å². The quantitative estimate of drug-likeness (QED) is 0.612. The fourth-order valence-electron chi connectivity index (χ4n) is 1.77. The molecule has 0 radical (unpaired) electrons. The van der Waals surface area contributed by atoms with Crippen LogP contribution in [0.3, 0.4) is 0 Å². The lowest BCUT2D eigenvalue weighted by atomic mass is 10.1. The third kappa shape index (κ3) is 1.93. The first-order valence-electron chi connectivity index (χ1n) is 4.86. The van der Waals surface area contributed by atoms with Gasteiger partial charge in [-0.25, -0.2) is 9.97 Å². The van der Waals surface area contributed by atoms with Gasteiger partial charge in [-0.1, -0.05) is 0 Å². The molecular weight excluding hydrogens is 178 g/mol. The third-order valence-corrected chi connectivity index (χ3v) is 2.52. The van der Waals surface area contributed by atoms with E-state index in [9.17, 15) is 0 Å². The molecule has 2 rings (SSSR count). The summed E-state index contributed by atoms with van der Waals surface area (Å²) >= 11 is 0. The maximum atomic E-state index is 5.76. The van der Waals surface area contributed by atoms with Crippen LogP contribution in [0.4, 0.5) is 11.6 Å². The van der Waals surface area contributed by atoms with Gasteiger partial charge in [-0.3, -0.25) is 0 Å². The summed E-state index contributed by atoms with van der Waals surface area (Å²) in [6.07, 6.45) is 4.83. The molecule has 76 valence electrons. The van der Waals surface area contributed by atoms with Crippen LogP contribution in [-0.4, -0.2) is 22.6 Å². The van der Waals surface area contributed by atoms with Crippen LogP contribution in [0.15, 0.2) is 6.20 Å². The molecule has 0 aromatic carbocycles. The standard InChI is InChI=1S/C9H15N5/c10-7-5-13-9(11)14-8(7)4-6-2-1-3-12-6/h5-6,12H,1-4,10H2,(H2,11,13,14)/t6-/m0/s1. The molecule has 5 heteroatoms. The highest BCUT2D eigenvalue weighted by Gasteiger charge is 2.16. The summed E-state index contributed by atoms with van der Waals surface area (Å²) in [5.74, 6) is 0.298. The zero-order chi connectivity index (χ0) is 9.97. The van der Waals surface area contributed by atoms with Crippen molar-refractivity contribution in [2.75, 3.05) is 18.0 Å². The van der Waals surface area contributed by atoms with E-state index in [0.29, 0.717) is 17.7 Å². The molecule has 5 nitrogen and oxygen atoms in total. The van der Waals surface area contributed by atoms with E-state index in [4.69, 9.17) is 11.5 Å². The number of rotatable bonds is 2. The van der Waals surface area contributed by atoms with Crippen molar-refractivity contribution in [2.45, 2.75) is 25.3 Å². The van der Waals surface area contributed by atoms with Crippen molar-refractivity contribution in [3.05, 3.63) is 11.9 Å². The minimum atomic E-state index is 0.298. The van der Waals surface area contributed by atoms with Crippen molar-refractivity contribution >= 4 is 11.6 Å². The van der Waals surface area contributed by atoms with Gasteiger partial charge in [0.1, 0.15) is 0 Å². The van der Waals surface area contributed by atoms with Crippen LogP contribution in [0.1, 0.15) is 18.5 Å². The summed E-state index contributed by atoms with van der Waals surface area (Å²) in [6, 6.07) is 0.492. The second-order valence-electron chi connectivity index (χ2n) is 3.63. The number of nitrogens with two attached hydrogens (primary N) is 2. The van der Waals surface area contributed by atoms with Crippen molar-refractivity contribution in [2.24, 2.45) is 0 Å². The first-order valence-corrected chi connectivity index (χ1v) is 4.86. The molecule has 5 N–H and O–H groups in total. The lowest BCUT2D eigenvalue weighted by Gasteiger charge is -2.10. The molecule has 0 saturated carbocycles. The number of hydrogen-bond acceptors (Lipinski definition) is 5. The molecular formula is C9H15N5. The maximum Gasteiger partial charge on any atom is 0.220 e. The Morgan fingerprint density at radius 2 is 2.36 bits per heavy atom. The molecule has 0 bridgehead atoms. The normalized spacial score (nSPS) is 21.3. The average Bonchev–Trinajstić information content (AvgIpc) is 2.64. The van der Waals surface area contributed by atoms with Crippen molar-refractivity contribution in [1.82, 2.24) is 15.3 Å². The molecule has 0 spiro atoms. The largest absolute Gasteiger partial charge is 0.396 e. The molecule has 0 aliphatic carbocycles. The van der Waals surface area contributed by atoms with Crippen LogP contribution in [0.2, 0.25) is 0 Å². The van der Waals surface area contributed by atoms with E-state index < -0.39 is 0 Å². The van der Waals surface area contributed by atoms with Crippen LogP contribution in [0, 0.1) is 0 Å². The predicted molar refractivity (Wildman–Crippen MR) is 55.6 cm³/mol. The summed E-state index contributed by atoms with van der Waals surface area (Å²) in [5, 5.41) is 3.39. The van der Waals surface area contributed by atoms with Crippen LogP contribution in [-0.2, 0) is 6.42 Å². The summed E-state index contributed by atoms with van der Waals surface area (Å²) in [6.45, 7) is 1.09. The van der Waals surface area contributed by atoms with E-state index in [-0.39, 0.29) is 0 Å². The van der Waals surface area contributed by atoms with Crippen molar-refractivity contribution in [3.8, 4) is 0 Å². The minimum Gasteiger partial charge on any atom is -0.396 e. The van der Waals surface area contributed by atoms with Gasteiger partial charge in [0.05, 0.1) is 17.6 Å². The Hall–Kier alpha value is -1.36. The van der Waals surface area contributed by atoms with Crippen LogP contribution in [0.5, 0.6) is 0 Å². The predicted octanol–water partition coefficient (Wildman–Crippen LogP) is -0.0645. The molecule has 14 heavy (non-hydrogen) atoms. The second-order valence-corrected chi connectivity index (χ2v) is 3.63. The Labute approximate surface area is 82.9 Å². The number of anilines is 2. The molecule has 1 aromatic rings. The van der Waals surface area contributed by atoms with Crippen molar-refractivity contribution in [3.63, 3.8) is 0 Å². The van der Waals surface area contributed by atoms with Crippen molar-refractivity contribution < 1.29 is 0 Å². The number of nitrogens with zero attached hydrogens (tertiary/aromatic N) is 2. The maximum absolute atomic E-state index is 5.76. The SMILES string of the molecule is Nc1ncc(N)c(C[C@@H]2CCCN2)n1. The first-order chi connectivity index (χ1) is 6.75. The zero-order valence-corrected chi connectivity index (χ0v) is 8.03. The van der Waals surface area contributed by atoms with Gasteiger partial charge in [-0.15, -0.1) is 0 Å². The lowest BCUT2D eigenvalue weighted by molar-refractivity contribution is 0.596. The highest BCUT2D eigenvalue weighted by Crippen LogP contribution is 2.15. The van der Waals surface area contributed by atoms with Crippen molar-refractivity contribution in [1.29, 1.82) is 0 Å². The fourth-order valence-corrected chi connectivity index (χ4v) is 1.77. The van der Waals surface area contributed by atoms with Gasteiger partial charge in [0.25, 0.3) is 0 Å². The summed E-state index contributed by atoms with van der Waals surface area (Å²) in [5.41, 5.74) is 12.8. The van der Waals surface area contributed by atoms with Gasteiger partial charge >= 0.3 is 0 Å².